The van der Waals surface area contributed by atoms with Gasteiger partial charge in [-0.3, -0.25) is 4.79 Å². The first-order valence-corrected chi connectivity index (χ1v) is 11.6. The standard InChI is InChI=1S/C26H36FN3O5/c1-5-17-7-6-8-18(9-17)15-30(25(34)35-26(2,3)4)16-23(32)22(29-24(33)14-28)12-19-10-20(27)13-21(31)11-19/h6-11,13,22-23,31-32H,5,12,14-16,28H2,1-4H3,(H,29,33)/t22-,23+/m0/s1. The normalized spacial score (nSPS) is 13.1. The lowest BCUT2D eigenvalue weighted by atomic mass is 10.00. The van der Waals surface area contributed by atoms with Crippen LogP contribution in [-0.4, -0.2) is 57.9 Å². The summed E-state index contributed by atoms with van der Waals surface area (Å²) in [6.07, 6.45) is -1.02. The molecule has 9 heteroatoms. The van der Waals surface area contributed by atoms with E-state index < -0.39 is 35.6 Å². The minimum absolute atomic E-state index is 0.00566. The Morgan fingerprint density at radius 2 is 1.83 bits per heavy atom. The largest absolute Gasteiger partial charge is 0.508 e. The molecule has 0 fully saturated rings. The zero-order valence-corrected chi connectivity index (χ0v) is 20.8. The van der Waals surface area contributed by atoms with Crippen LogP contribution >= 0.6 is 0 Å². The molecule has 0 heterocycles. The van der Waals surface area contributed by atoms with Crippen molar-refractivity contribution in [2.24, 2.45) is 5.73 Å². The van der Waals surface area contributed by atoms with E-state index >= 15 is 0 Å². The fourth-order valence-corrected chi connectivity index (χ4v) is 3.61. The van der Waals surface area contributed by atoms with Gasteiger partial charge in [-0.1, -0.05) is 31.2 Å². The Morgan fingerprint density at radius 1 is 1.14 bits per heavy atom. The summed E-state index contributed by atoms with van der Waals surface area (Å²) in [7, 11) is 0. The number of aliphatic hydroxyl groups excluding tert-OH is 1. The molecule has 5 N–H and O–H groups in total. The number of nitrogens with zero attached hydrogens (tertiary/aromatic N) is 1. The molecule has 0 saturated carbocycles. The van der Waals surface area contributed by atoms with Crippen LogP contribution in [0.5, 0.6) is 5.75 Å². The average Bonchev–Trinajstić information content (AvgIpc) is 2.76. The van der Waals surface area contributed by atoms with Crippen molar-refractivity contribution in [2.45, 2.75) is 64.8 Å². The number of amides is 2. The number of aliphatic hydroxyl groups is 1. The highest BCUT2D eigenvalue weighted by atomic mass is 19.1. The Balaban J connectivity index is 2.30. The van der Waals surface area contributed by atoms with Crippen molar-refractivity contribution < 1.29 is 28.9 Å². The summed E-state index contributed by atoms with van der Waals surface area (Å²) in [5, 5.41) is 23.4. The summed E-state index contributed by atoms with van der Waals surface area (Å²) in [6, 6.07) is 10.4. The van der Waals surface area contributed by atoms with Crippen molar-refractivity contribution in [3.05, 3.63) is 65.0 Å². The van der Waals surface area contributed by atoms with Crippen molar-refractivity contribution >= 4 is 12.0 Å². The number of carbonyl (C=O) groups is 2. The molecule has 2 atom stereocenters. The first-order chi connectivity index (χ1) is 16.4. The predicted octanol–water partition coefficient (Wildman–Crippen LogP) is 2.88. The van der Waals surface area contributed by atoms with Crippen LogP contribution in [0.4, 0.5) is 9.18 Å². The molecule has 2 rings (SSSR count). The summed E-state index contributed by atoms with van der Waals surface area (Å²) < 4.78 is 19.3. The van der Waals surface area contributed by atoms with E-state index in [1.54, 1.807) is 20.8 Å². The minimum atomic E-state index is -1.24. The van der Waals surface area contributed by atoms with Crippen LogP contribution in [0.1, 0.15) is 44.4 Å². The van der Waals surface area contributed by atoms with Gasteiger partial charge in [0, 0.05) is 12.6 Å². The number of nitrogens with one attached hydrogen (secondary N) is 1. The third-order valence-corrected chi connectivity index (χ3v) is 5.23. The number of nitrogens with two attached hydrogens (primary N) is 1. The molecule has 2 aromatic carbocycles. The van der Waals surface area contributed by atoms with Gasteiger partial charge in [0.15, 0.2) is 0 Å². The molecule has 35 heavy (non-hydrogen) atoms. The van der Waals surface area contributed by atoms with E-state index in [-0.39, 0.29) is 31.8 Å². The molecule has 8 nitrogen and oxygen atoms in total. The van der Waals surface area contributed by atoms with Gasteiger partial charge >= 0.3 is 6.09 Å². The van der Waals surface area contributed by atoms with Gasteiger partial charge < -0.3 is 30.9 Å². The Kier molecular flexibility index (Phi) is 10.0. The molecule has 0 bridgehead atoms. The first kappa shape index (κ1) is 28.1. The molecular formula is C26H36FN3O5. The maximum absolute atomic E-state index is 13.8. The van der Waals surface area contributed by atoms with Crippen molar-refractivity contribution in [3.63, 3.8) is 0 Å². The van der Waals surface area contributed by atoms with Crippen molar-refractivity contribution in [1.82, 2.24) is 10.2 Å². The summed E-state index contributed by atoms with van der Waals surface area (Å²) in [6.45, 7) is 6.98. The van der Waals surface area contributed by atoms with Crippen molar-refractivity contribution in [2.75, 3.05) is 13.1 Å². The predicted molar refractivity (Wildman–Crippen MR) is 131 cm³/mol. The van der Waals surface area contributed by atoms with Crippen LogP contribution in [0.15, 0.2) is 42.5 Å². The Bertz CT molecular complexity index is 988. The maximum Gasteiger partial charge on any atom is 0.410 e. The molecular weight excluding hydrogens is 453 g/mol. The molecule has 2 aromatic rings. The molecule has 0 aliphatic rings. The number of hydrogen-bond acceptors (Lipinski definition) is 6. The van der Waals surface area contributed by atoms with E-state index in [0.29, 0.717) is 5.56 Å². The SMILES string of the molecule is CCc1cccc(CN(C[C@@H](O)[C@H](Cc2cc(O)cc(F)c2)NC(=O)CN)C(=O)OC(C)(C)C)c1. The maximum atomic E-state index is 13.8. The lowest BCUT2D eigenvalue weighted by Gasteiger charge is -2.32. The molecule has 192 valence electrons. The van der Waals surface area contributed by atoms with E-state index in [1.807, 2.05) is 31.2 Å². The van der Waals surface area contributed by atoms with Crippen molar-refractivity contribution in [1.29, 1.82) is 0 Å². The number of ether oxygens (including phenoxy) is 1. The Morgan fingerprint density at radius 3 is 2.43 bits per heavy atom. The van der Waals surface area contributed by atoms with E-state index in [0.717, 1.165) is 23.6 Å². The van der Waals surface area contributed by atoms with Crippen LogP contribution in [0.2, 0.25) is 0 Å². The summed E-state index contributed by atoms with van der Waals surface area (Å²) in [4.78, 5) is 26.4. The van der Waals surface area contributed by atoms with Gasteiger partial charge in [-0.15, -0.1) is 0 Å². The van der Waals surface area contributed by atoms with Gasteiger partial charge in [-0.05, 0) is 62.4 Å². The van der Waals surface area contributed by atoms with Gasteiger partial charge in [0.2, 0.25) is 5.91 Å². The number of aryl methyl sites for hydroxylation is 1. The molecule has 0 radical (unpaired) electrons. The molecule has 0 spiro atoms. The number of phenols is 1. The number of hydrogen-bond donors (Lipinski definition) is 4. The summed E-state index contributed by atoms with van der Waals surface area (Å²) in [5.74, 6) is -1.44. The van der Waals surface area contributed by atoms with Gasteiger partial charge in [-0.25, -0.2) is 9.18 Å². The average molecular weight is 490 g/mol. The van der Waals surface area contributed by atoms with E-state index in [2.05, 4.69) is 5.32 Å². The van der Waals surface area contributed by atoms with Gasteiger partial charge in [0.05, 0.1) is 25.2 Å². The van der Waals surface area contributed by atoms with Gasteiger partial charge in [-0.2, -0.15) is 0 Å². The van der Waals surface area contributed by atoms with E-state index in [1.165, 1.54) is 17.0 Å². The summed E-state index contributed by atoms with van der Waals surface area (Å²) >= 11 is 0. The van der Waals surface area contributed by atoms with Gasteiger partial charge in [0.1, 0.15) is 17.2 Å². The highest BCUT2D eigenvalue weighted by Crippen LogP contribution is 2.19. The second-order valence-corrected chi connectivity index (χ2v) is 9.50. The fraction of sp³-hybridized carbons (Fsp3) is 0.462. The fourth-order valence-electron chi connectivity index (χ4n) is 3.61. The monoisotopic (exact) mass is 489 g/mol. The van der Waals surface area contributed by atoms with Crippen LogP contribution < -0.4 is 11.1 Å². The van der Waals surface area contributed by atoms with Crippen molar-refractivity contribution in [3.8, 4) is 5.75 Å². The zero-order chi connectivity index (χ0) is 26.2. The number of phenolic OH excluding ortho intramolecular Hbond substituents is 1. The topological polar surface area (TPSA) is 125 Å². The lowest BCUT2D eigenvalue weighted by Crippen LogP contribution is -2.52. The van der Waals surface area contributed by atoms with Gasteiger partial charge in [0.25, 0.3) is 0 Å². The number of aromatic hydroxyl groups is 1. The second kappa shape index (κ2) is 12.5. The van der Waals surface area contributed by atoms with Crippen LogP contribution in [0.3, 0.4) is 0 Å². The molecule has 0 aromatic heterocycles. The molecule has 2 amide bonds. The number of halogens is 1. The van der Waals surface area contributed by atoms with Crippen LogP contribution in [0.25, 0.3) is 0 Å². The first-order valence-electron chi connectivity index (χ1n) is 11.6. The zero-order valence-electron chi connectivity index (χ0n) is 20.8. The lowest BCUT2D eigenvalue weighted by molar-refractivity contribution is -0.121. The highest BCUT2D eigenvalue weighted by molar-refractivity contribution is 5.78. The highest BCUT2D eigenvalue weighted by Gasteiger charge is 2.29. The van der Waals surface area contributed by atoms with E-state index in [4.69, 9.17) is 10.5 Å². The number of rotatable bonds is 10. The molecule has 0 saturated heterocycles. The Labute approximate surface area is 205 Å². The summed E-state index contributed by atoms with van der Waals surface area (Å²) in [5.41, 5.74) is 7.01. The minimum Gasteiger partial charge on any atom is -0.508 e. The number of benzene rings is 2. The quantitative estimate of drug-likeness (QED) is 0.407. The smallest absolute Gasteiger partial charge is 0.410 e. The van der Waals surface area contributed by atoms with Crippen LogP contribution in [0, 0.1) is 5.82 Å². The van der Waals surface area contributed by atoms with E-state index in [9.17, 15) is 24.2 Å². The molecule has 0 unspecified atom stereocenters. The number of carbonyl (C=O) groups excluding carboxylic acids is 2. The van der Waals surface area contributed by atoms with Crippen LogP contribution in [-0.2, 0) is 28.9 Å². The second-order valence-electron chi connectivity index (χ2n) is 9.50. The third-order valence-electron chi connectivity index (χ3n) is 5.23. The Hall–Kier alpha value is -3.17. The molecule has 0 aliphatic carbocycles. The molecule has 0 aliphatic heterocycles. The third kappa shape index (κ3) is 9.54.